The first-order valence-corrected chi connectivity index (χ1v) is 12.4. The molecule has 1 saturated heterocycles. The molecule has 0 aliphatic carbocycles. The molecule has 5 rings (SSSR count). The minimum atomic E-state index is -0.854. The molecule has 2 heterocycles. The van der Waals surface area contributed by atoms with Crippen LogP contribution in [-0.2, 0) is 9.59 Å². The van der Waals surface area contributed by atoms with Crippen LogP contribution in [0.2, 0.25) is 5.02 Å². The van der Waals surface area contributed by atoms with E-state index in [1.807, 2.05) is 29.2 Å². The lowest BCUT2D eigenvalue weighted by molar-refractivity contribution is -0.126. The van der Waals surface area contributed by atoms with Crippen molar-refractivity contribution in [3.63, 3.8) is 0 Å². The van der Waals surface area contributed by atoms with Crippen LogP contribution < -0.4 is 9.64 Å². The van der Waals surface area contributed by atoms with E-state index in [1.165, 1.54) is 19.1 Å². The molecule has 1 fully saturated rings. The summed E-state index contributed by atoms with van der Waals surface area (Å²) in [5.41, 5.74) is 0.441. The number of phenols is 1. The molecule has 10 heteroatoms. The molecule has 0 unspecified atom stereocenters. The minimum Gasteiger partial charge on any atom is -0.508 e. The second-order valence-electron chi connectivity index (χ2n) is 8.96. The van der Waals surface area contributed by atoms with Crippen LogP contribution in [0.1, 0.15) is 6.92 Å². The molecule has 3 aromatic carbocycles. The van der Waals surface area contributed by atoms with Gasteiger partial charge in [-0.15, -0.1) is 0 Å². The van der Waals surface area contributed by atoms with Gasteiger partial charge >= 0.3 is 6.01 Å². The number of ether oxygens (including phenoxy) is 1. The summed E-state index contributed by atoms with van der Waals surface area (Å²) >= 11 is 6.70. The van der Waals surface area contributed by atoms with Gasteiger partial charge in [0.1, 0.15) is 17.1 Å². The van der Waals surface area contributed by atoms with Crippen molar-refractivity contribution in [1.29, 1.82) is 0 Å². The molecule has 194 valence electrons. The number of halogens is 2. The summed E-state index contributed by atoms with van der Waals surface area (Å²) in [6.07, 6.45) is 1.01. The number of hydrogen-bond acceptors (Lipinski definition) is 7. The van der Waals surface area contributed by atoms with Gasteiger partial charge in [-0.3, -0.25) is 9.59 Å². The lowest BCUT2D eigenvalue weighted by Crippen LogP contribution is -2.48. The molecule has 1 aromatic heterocycles. The first-order chi connectivity index (χ1) is 18.3. The van der Waals surface area contributed by atoms with Crippen molar-refractivity contribution in [3.8, 4) is 22.9 Å². The standard InChI is InChI=1S/C28H24ClFN4O4/c1-3-23(37)33-8-10-34(11-9-33)27-21-14-22(29)24(20-13-18(36)12-17-6-4-5-7-19(17)20)25(30)26(21)31-28(32-27)38-16(2)15-35/h3-7,12-16,36H,1,8-11H2,2H3/t16-/m1/s1. The van der Waals surface area contributed by atoms with Gasteiger partial charge in [0.15, 0.2) is 18.2 Å². The zero-order valence-electron chi connectivity index (χ0n) is 20.5. The van der Waals surface area contributed by atoms with E-state index in [-0.39, 0.29) is 33.8 Å². The Hall–Kier alpha value is -4.24. The first-order valence-electron chi connectivity index (χ1n) is 12.0. The fourth-order valence-corrected chi connectivity index (χ4v) is 4.96. The summed E-state index contributed by atoms with van der Waals surface area (Å²) in [6, 6.07) is 11.8. The third kappa shape index (κ3) is 4.61. The number of anilines is 1. The third-order valence-electron chi connectivity index (χ3n) is 6.51. The molecule has 0 spiro atoms. The Balaban J connectivity index is 1.70. The van der Waals surface area contributed by atoms with Crippen LogP contribution in [0.4, 0.5) is 10.2 Å². The van der Waals surface area contributed by atoms with Crippen LogP contribution >= 0.6 is 11.6 Å². The quantitative estimate of drug-likeness (QED) is 0.282. The molecular weight excluding hydrogens is 511 g/mol. The maximum atomic E-state index is 16.4. The number of rotatable bonds is 6. The van der Waals surface area contributed by atoms with Crippen LogP contribution in [-0.4, -0.2) is 64.5 Å². The second-order valence-corrected chi connectivity index (χ2v) is 9.37. The number of carbonyl (C=O) groups is 2. The normalized spacial score (nSPS) is 14.5. The van der Waals surface area contributed by atoms with Gasteiger partial charge in [0, 0.05) is 37.1 Å². The van der Waals surface area contributed by atoms with E-state index in [9.17, 15) is 14.7 Å². The lowest BCUT2D eigenvalue weighted by atomic mass is 9.96. The summed E-state index contributed by atoms with van der Waals surface area (Å²) in [7, 11) is 0. The van der Waals surface area contributed by atoms with E-state index >= 15 is 4.39 Å². The number of carbonyl (C=O) groups excluding carboxylic acids is 2. The smallest absolute Gasteiger partial charge is 0.319 e. The Kier molecular flexibility index (Phi) is 6.86. The molecule has 1 aliphatic heterocycles. The van der Waals surface area contributed by atoms with Gasteiger partial charge in [0.2, 0.25) is 5.91 Å². The van der Waals surface area contributed by atoms with Crippen LogP contribution in [0.3, 0.4) is 0 Å². The maximum Gasteiger partial charge on any atom is 0.319 e. The summed E-state index contributed by atoms with van der Waals surface area (Å²) in [6.45, 7) is 6.75. The van der Waals surface area contributed by atoms with Crippen molar-refractivity contribution in [2.24, 2.45) is 0 Å². The number of fused-ring (bicyclic) bond motifs is 2. The van der Waals surface area contributed by atoms with E-state index in [0.717, 1.165) is 5.39 Å². The molecule has 38 heavy (non-hydrogen) atoms. The van der Waals surface area contributed by atoms with Gasteiger partial charge in [-0.2, -0.15) is 9.97 Å². The van der Waals surface area contributed by atoms with E-state index in [0.29, 0.717) is 54.6 Å². The average Bonchev–Trinajstić information content (AvgIpc) is 2.92. The van der Waals surface area contributed by atoms with Crippen LogP contribution in [0, 0.1) is 5.82 Å². The van der Waals surface area contributed by atoms with Gasteiger partial charge in [-0.05, 0) is 47.5 Å². The minimum absolute atomic E-state index is 0.0339. The lowest BCUT2D eigenvalue weighted by Gasteiger charge is -2.35. The number of aromatic nitrogens is 2. The maximum absolute atomic E-state index is 16.4. The fourth-order valence-electron chi connectivity index (χ4n) is 4.66. The van der Waals surface area contributed by atoms with Crippen molar-refractivity contribution in [2.45, 2.75) is 13.0 Å². The summed E-state index contributed by atoms with van der Waals surface area (Å²) in [4.78, 5) is 35.6. The highest BCUT2D eigenvalue weighted by atomic mass is 35.5. The van der Waals surface area contributed by atoms with E-state index in [1.54, 1.807) is 17.0 Å². The summed E-state index contributed by atoms with van der Waals surface area (Å²) < 4.78 is 21.9. The van der Waals surface area contributed by atoms with Crippen molar-refractivity contribution in [2.75, 3.05) is 31.1 Å². The zero-order chi connectivity index (χ0) is 27.0. The number of phenolic OH excluding ortho intramolecular Hbond substituents is 1. The Bertz CT molecular complexity index is 1590. The highest BCUT2D eigenvalue weighted by Gasteiger charge is 2.27. The van der Waals surface area contributed by atoms with Crippen molar-refractivity contribution in [3.05, 3.63) is 66.0 Å². The van der Waals surface area contributed by atoms with Crippen LogP contribution in [0.5, 0.6) is 11.8 Å². The molecule has 1 aliphatic rings. The van der Waals surface area contributed by atoms with Gasteiger partial charge in [0.25, 0.3) is 0 Å². The number of amides is 1. The van der Waals surface area contributed by atoms with Gasteiger partial charge in [-0.25, -0.2) is 4.39 Å². The zero-order valence-corrected chi connectivity index (χ0v) is 21.3. The number of hydrogen-bond donors (Lipinski definition) is 1. The van der Waals surface area contributed by atoms with Gasteiger partial charge in [-0.1, -0.05) is 42.4 Å². The fraction of sp³-hybridized carbons (Fsp3) is 0.214. The molecule has 0 radical (unpaired) electrons. The van der Waals surface area contributed by atoms with Gasteiger partial charge in [0.05, 0.1) is 5.02 Å². The Morgan fingerprint density at radius 2 is 1.89 bits per heavy atom. The molecule has 1 N–H and O–H groups in total. The predicted molar refractivity (Wildman–Crippen MR) is 144 cm³/mol. The SMILES string of the molecule is C=CC(=O)N1CCN(c2nc(O[C@H](C)C=O)nc3c(F)c(-c4cc(O)cc5ccccc45)c(Cl)cc23)CC1. The van der Waals surface area contributed by atoms with E-state index in [2.05, 4.69) is 16.5 Å². The molecular formula is C28H24ClFN4O4. The van der Waals surface area contributed by atoms with E-state index < -0.39 is 11.9 Å². The highest BCUT2D eigenvalue weighted by Crippen LogP contribution is 2.42. The monoisotopic (exact) mass is 534 g/mol. The second kappa shape index (κ2) is 10.3. The van der Waals surface area contributed by atoms with Crippen molar-refractivity contribution < 1.29 is 23.8 Å². The highest BCUT2D eigenvalue weighted by molar-refractivity contribution is 6.35. The van der Waals surface area contributed by atoms with Crippen molar-refractivity contribution in [1.82, 2.24) is 14.9 Å². The average molecular weight is 535 g/mol. The molecule has 1 atom stereocenters. The number of benzene rings is 3. The molecule has 0 bridgehead atoms. The number of aldehydes is 1. The Labute approximate surface area is 222 Å². The third-order valence-corrected chi connectivity index (χ3v) is 6.80. The molecule has 1 amide bonds. The predicted octanol–water partition coefficient (Wildman–Crippen LogP) is 4.75. The largest absolute Gasteiger partial charge is 0.508 e. The molecule has 4 aromatic rings. The topological polar surface area (TPSA) is 95.9 Å². The summed E-state index contributed by atoms with van der Waals surface area (Å²) in [5, 5.41) is 12.2. The number of nitrogens with zero attached hydrogens (tertiary/aromatic N) is 4. The first kappa shape index (κ1) is 25.4. The summed E-state index contributed by atoms with van der Waals surface area (Å²) in [5.74, 6) is -0.538. The number of aromatic hydroxyl groups is 1. The molecule has 0 saturated carbocycles. The van der Waals surface area contributed by atoms with Crippen molar-refractivity contribution >= 4 is 51.3 Å². The van der Waals surface area contributed by atoms with Crippen LogP contribution in [0.15, 0.2) is 55.1 Å². The Morgan fingerprint density at radius 1 is 1.16 bits per heavy atom. The molecule has 8 nitrogen and oxygen atoms in total. The Morgan fingerprint density at radius 3 is 2.61 bits per heavy atom. The number of piperazine rings is 1. The van der Waals surface area contributed by atoms with Gasteiger partial charge < -0.3 is 19.6 Å². The van der Waals surface area contributed by atoms with E-state index in [4.69, 9.17) is 16.3 Å². The van der Waals surface area contributed by atoms with Crippen LogP contribution in [0.25, 0.3) is 32.8 Å².